The van der Waals surface area contributed by atoms with Crippen LogP contribution in [0.4, 0.5) is 17.1 Å². The van der Waals surface area contributed by atoms with Crippen LogP contribution in [0.5, 0.6) is 0 Å². The molecule has 2 aliphatic carbocycles. The van der Waals surface area contributed by atoms with Gasteiger partial charge in [0.15, 0.2) is 0 Å². The van der Waals surface area contributed by atoms with E-state index in [2.05, 4.69) is 240 Å². The fourth-order valence-corrected chi connectivity index (χ4v) is 11.0. The van der Waals surface area contributed by atoms with E-state index in [9.17, 15) is 0 Å². The summed E-state index contributed by atoms with van der Waals surface area (Å²) in [5, 5.41) is 4.84. The smallest absolute Gasteiger partial charge is 0.0726 e. The van der Waals surface area contributed by atoms with Gasteiger partial charge in [0.2, 0.25) is 0 Å². The second-order valence-corrected chi connectivity index (χ2v) is 16.4. The number of anilines is 3. The van der Waals surface area contributed by atoms with Crippen molar-refractivity contribution in [3.63, 3.8) is 0 Å². The maximum atomic E-state index is 2.56. The summed E-state index contributed by atoms with van der Waals surface area (Å²) in [5.41, 5.74) is 19.4. The molecule has 0 saturated carbocycles. The Labute approximate surface area is 354 Å². The summed E-state index contributed by atoms with van der Waals surface area (Å²) in [4.78, 5) is 2.56. The lowest BCUT2D eigenvalue weighted by Crippen LogP contribution is -2.26. The molecule has 0 saturated heterocycles. The minimum atomic E-state index is -0.454. The summed E-state index contributed by atoms with van der Waals surface area (Å²) in [6.07, 6.45) is 0. The molecular formula is C59H38N2. The van der Waals surface area contributed by atoms with Gasteiger partial charge in [0.1, 0.15) is 0 Å². The lowest BCUT2D eigenvalue weighted by Gasteiger charge is -2.32. The third kappa shape index (κ3) is 4.67. The average molecular weight is 775 g/mol. The van der Waals surface area contributed by atoms with Gasteiger partial charge in [0.05, 0.1) is 27.8 Å². The number of para-hydroxylation sites is 2. The van der Waals surface area contributed by atoms with E-state index in [1.54, 1.807) is 0 Å². The third-order valence-corrected chi connectivity index (χ3v) is 13.3. The summed E-state index contributed by atoms with van der Waals surface area (Å²) in [5.74, 6) is 0. The van der Waals surface area contributed by atoms with Crippen LogP contribution in [-0.2, 0) is 5.41 Å². The van der Waals surface area contributed by atoms with Crippen LogP contribution in [0.15, 0.2) is 231 Å². The normalized spacial score (nSPS) is 13.0. The number of benzene rings is 10. The Balaban J connectivity index is 1.19. The highest BCUT2D eigenvalue weighted by molar-refractivity contribution is 6.25. The van der Waals surface area contributed by atoms with Gasteiger partial charge in [0.25, 0.3) is 0 Å². The molecule has 0 radical (unpaired) electrons. The molecule has 1 aromatic heterocycles. The van der Waals surface area contributed by atoms with Crippen LogP contribution >= 0.6 is 0 Å². The Hall–Kier alpha value is -7.94. The van der Waals surface area contributed by atoms with Crippen LogP contribution in [0.2, 0.25) is 0 Å². The van der Waals surface area contributed by atoms with E-state index in [-0.39, 0.29) is 0 Å². The summed E-state index contributed by atoms with van der Waals surface area (Å²) >= 11 is 0. The minimum absolute atomic E-state index is 0.454. The summed E-state index contributed by atoms with van der Waals surface area (Å²) < 4.78 is 2.49. The minimum Gasteiger partial charge on any atom is -0.309 e. The van der Waals surface area contributed by atoms with Gasteiger partial charge in [-0.2, -0.15) is 0 Å². The van der Waals surface area contributed by atoms with Gasteiger partial charge >= 0.3 is 0 Å². The summed E-state index contributed by atoms with van der Waals surface area (Å²) in [7, 11) is 0. The van der Waals surface area contributed by atoms with Gasteiger partial charge < -0.3 is 9.47 Å². The molecule has 0 aliphatic heterocycles. The van der Waals surface area contributed by atoms with E-state index in [0.29, 0.717) is 0 Å². The number of fused-ring (bicyclic) bond motifs is 15. The van der Waals surface area contributed by atoms with Crippen molar-refractivity contribution in [3.8, 4) is 39.1 Å². The lowest BCUT2D eigenvalue weighted by atomic mass is 9.70. The molecule has 0 N–H and O–H groups in total. The van der Waals surface area contributed by atoms with Crippen molar-refractivity contribution >= 4 is 49.6 Å². The number of rotatable bonds is 5. The van der Waals surface area contributed by atoms with Crippen LogP contribution in [0, 0.1) is 0 Å². The fraction of sp³-hybridized carbons (Fsp3) is 0.0169. The van der Waals surface area contributed by atoms with Crippen molar-refractivity contribution in [3.05, 3.63) is 253 Å². The molecule has 61 heavy (non-hydrogen) atoms. The molecule has 0 unspecified atom stereocenters. The van der Waals surface area contributed by atoms with Crippen molar-refractivity contribution in [2.24, 2.45) is 0 Å². The Morgan fingerprint density at radius 2 is 0.951 bits per heavy atom. The number of aromatic nitrogens is 1. The monoisotopic (exact) mass is 774 g/mol. The van der Waals surface area contributed by atoms with Crippen molar-refractivity contribution in [1.82, 2.24) is 4.57 Å². The lowest BCUT2D eigenvalue weighted by molar-refractivity contribution is 0.794. The first-order valence-corrected chi connectivity index (χ1v) is 21.2. The zero-order valence-corrected chi connectivity index (χ0v) is 33.3. The molecule has 0 fully saturated rings. The van der Waals surface area contributed by atoms with Gasteiger partial charge in [-0.25, -0.2) is 0 Å². The van der Waals surface area contributed by atoms with Crippen LogP contribution < -0.4 is 4.90 Å². The molecule has 10 aromatic carbocycles. The topological polar surface area (TPSA) is 8.17 Å². The molecule has 11 aromatic rings. The van der Waals surface area contributed by atoms with Gasteiger partial charge in [-0.05, 0) is 104 Å². The number of hydrogen-bond acceptors (Lipinski definition) is 1. The van der Waals surface area contributed by atoms with Crippen LogP contribution in [0.25, 0.3) is 71.6 Å². The Kier molecular flexibility index (Phi) is 7.26. The van der Waals surface area contributed by atoms with Gasteiger partial charge in [-0.1, -0.05) is 182 Å². The van der Waals surface area contributed by atoms with Crippen LogP contribution in [-0.4, -0.2) is 4.57 Å². The van der Waals surface area contributed by atoms with E-state index in [1.165, 1.54) is 88.2 Å². The van der Waals surface area contributed by atoms with Gasteiger partial charge in [0, 0.05) is 33.1 Å². The maximum Gasteiger partial charge on any atom is 0.0726 e. The van der Waals surface area contributed by atoms with E-state index < -0.39 is 5.41 Å². The predicted octanol–water partition coefficient (Wildman–Crippen LogP) is 15.4. The molecule has 0 bridgehead atoms. The Morgan fingerprint density at radius 1 is 0.377 bits per heavy atom. The first-order valence-electron chi connectivity index (χ1n) is 21.2. The van der Waals surface area contributed by atoms with E-state index >= 15 is 0 Å². The first-order chi connectivity index (χ1) is 30.3. The van der Waals surface area contributed by atoms with Crippen molar-refractivity contribution in [1.29, 1.82) is 0 Å². The highest BCUT2D eigenvalue weighted by Crippen LogP contribution is 2.65. The molecule has 2 nitrogen and oxygen atoms in total. The molecule has 1 heterocycles. The maximum absolute atomic E-state index is 2.56. The average Bonchev–Trinajstić information content (AvgIpc) is 3.95. The number of hydrogen-bond donors (Lipinski definition) is 0. The Bertz CT molecular complexity index is 3480. The highest BCUT2D eigenvalue weighted by atomic mass is 15.2. The quantitative estimate of drug-likeness (QED) is 0.169. The molecule has 13 rings (SSSR count). The standard InChI is InChI=1S/C59H38N2/c1-4-19-39(20-5-1)40-35-36-53-48(37-40)57-55(38-41-21-10-11-26-44(41)58(57)61(53)43-24-8-3-9-25-43)60(42-22-6-2-7-23-42)54-34-18-33-52-56(54)47-29-14-17-32-51(47)59(52)49-30-15-12-27-45(49)46-28-13-16-31-50(46)59/h1-38H. The summed E-state index contributed by atoms with van der Waals surface area (Å²) in [6.45, 7) is 0. The van der Waals surface area contributed by atoms with E-state index in [0.717, 1.165) is 22.7 Å². The Morgan fingerprint density at radius 3 is 1.67 bits per heavy atom. The van der Waals surface area contributed by atoms with Crippen molar-refractivity contribution < 1.29 is 0 Å². The SMILES string of the molecule is c1ccc(-c2ccc3c(c2)c2c(N(c4ccccc4)c4cccc5c4-c4ccccc4C54c5ccccc5-c5ccccc54)cc4ccccc4c2n3-c2ccccc2)cc1. The number of nitrogens with zero attached hydrogens (tertiary/aromatic N) is 2. The molecule has 2 heteroatoms. The van der Waals surface area contributed by atoms with Crippen LogP contribution in [0.3, 0.4) is 0 Å². The molecule has 284 valence electrons. The largest absolute Gasteiger partial charge is 0.309 e. The van der Waals surface area contributed by atoms with Crippen LogP contribution in [0.1, 0.15) is 22.3 Å². The molecule has 2 aliphatic rings. The first kappa shape index (κ1) is 34.0. The van der Waals surface area contributed by atoms with E-state index in [1.807, 2.05) is 0 Å². The molecule has 0 amide bonds. The third-order valence-electron chi connectivity index (χ3n) is 13.3. The zero-order chi connectivity index (χ0) is 40.1. The second kappa shape index (κ2) is 13.0. The predicted molar refractivity (Wildman–Crippen MR) is 255 cm³/mol. The van der Waals surface area contributed by atoms with Gasteiger partial charge in [-0.3, -0.25) is 0 Å². The molecule has 1 spiro atoms. The zero-order valence-electron chi connectivity index (χ0n) is 33.3. The van der Waals surface area contributed by atoms with Gasteiger partial charge in [-0.15, -0.1) is 0 Å². The van der Waals surface area contributed by atoms with Crippen molar-refractivity contribution in [2.75, 3.05) is 4.90 Å². The fourth-order valence-electron chi connectivity index (χ4n) is 11.0. The van der Waals surface area contributed by atoms with Crippen molar-refractivity contribution in [2.45, 2.75) is 5.41 Å². The second-order valence-electron chi connectivity index (χ2n) is 16.4. The summed E-state index contributed by atoms with van der Waals surface area (Å²) in [6, 6.07) is 85.3. The molecular weight excluding hydrogens is 737 g/mol. The van der Waals surface area contributed by atoms with E-state index in [4.69, 9.17) is 0 Å². The molecule has 0 atom stereocenters. The highest BCUT2D eigenvalue weighted by Gasteiger charge is 2.52.